The minimum absolute atomic E-state index is 0.139. The highest BCUT2D eigenvalue weighted by Crippen LogP contribution is 2.41. The molecule has 0 spiro atoms. The van der Waals surface area contributed by atoms with E-state index in [1.54, 1.807) is 6.39 Å². The van der Waals surface area contributed by atoms with Crippen molar-refractivity contribution in [3.8, 4) is 0 Å². The van der Waals surface area contributed by atoms with E-state index < -0.39 is 0 Å². The average Bonchev–Trinajstić information content (AvgIpc) is 2.81. The minimum Gasteiger partial charge on any atom is -0.448 e. The summed E-state index contributed by atoms with van der Waals surface area (Å²) in [5.74, 6) is 1.75. The molecule has 1 aromatic rings. The summed E-state index contributed by atoms with van der Waals surface area (Å²) in [5.41, 5.74) is 1.22. The van der Waals surface area contributed by atoms with Gasteiger partial charge in [0.2, 0.25) is 0 Å². The molecule has 3 nitrogen and oxygen atoms in total. The van der Waals surface area contributed by atoms with E-state index in [-0.39, 0.29) is 5.54 Å². The Kier molecular flexibility index (Phi) is 2.35. The largest absolute Gasteiger partial charge is 0.448 e. The predicted octanol–water partition coefficient (Wildman–Crippen LogP) is 2.44. The van der Waals surface area contributed by atoms with Crippen molar-refractivity contribution in [2.45, 2.75) is 51.6 Å². The lowest BCUT2D eigenvalue weighted by Gasteiger charge is -2.19. The van der Waals surface area contributed by atoms with Gasteiger partial charge in [0.15, 0.2) is 6.39 Å². The number of nitrogens with one attached hydrogen (secondary N) is 1. The highest BCUT2D eigenvalue weighted by Gasteiger charge is 2.30. The van der Waals surface area contributed by atoms with Gasteiger partial charge in [-0.25, -0.2) is 4.98 Å². The highest BCUT2D eigenvalue weighted by molar-refractivity contribution is 5.17. The first-order chi connectivity index (χ1) is 6.56. The Balaban J connectivity index is 1.98. The van der Waals surface area contributed by atoms with Gasteiger partial charge in [-0.3, -0.25) is 0 Å². The van der Waals surface area contributed by atoms with E-state index in [9.17, 15) is 0 Å². The predicted molar refractivity (Wildman–Crippen MR) is 55.1 cm³/mol. The van der Waals surface area contributed by atoms with Crippen molar-refractivity contribution in [1.82, 2.24) is 10.3 Å². The SMILES string of the molecule is CC(C)(C)NCc1ncoc1C1CC1. The standard InChI is InChI=1S/C11H18N2O/c1-11(2,3)13-6-9-10(8-4-5-8)14-7-12-9/h7-8,13H,4-6H2,1-3H3. The van der Waals surface area contributed by atoms with Gasteiger partial charge in [0.25, 0.3) is 0 Å². The highest BCUT2D eigenvalue weighted by atomic mass is 16.3. The van der Waals surface area contributed by atoms with Crippen molar-refractivity contribution in [3.63, 3.8) is 0 Å². The Morgan fingerprint density at radius 1 is 1.50 bits per heavy atom. The van der Waals surface area contributed by atoms with Crippen LogP contribution in [0.15, 0.2) is 10.8 Å². The van der Waals surface area contributed by atoms with Crippen molar-refractivity contribution < 1.29 is 4.42 Å². The Morgan fingerprint density at radius 2 is 2.21 bits per heavy atom. The smallest absolute Gasteiger partial charge is 0.181 e. The van der Waals surface area contributed by atoms with E-state index in [1.807, 2.05) is 0 Å². The number of rotatable bonds is 3. The second-order valence-electron chi connectivity index (χ2n) is 5.04. The third-order valence-electron chi connectivity index (χ3n) is 2.41. The zero-order chi connectivity index (χ0) is 10.2. The van der Waals surface area contributed by atoms with Gasteiger partial charge in [0, 0.05) is 18.0 Å². The van der Waals surface area contributed by atoms with Crippen molar-refractivity contribution in [2.24, 2.45) is 0 Å². The van der Waals surface area contributed by atoms with Gasteiger partial charge in [0.1, 0.15) is 5.76 Å². The molecule has 0 bridgehead atoms. The van der Waals surface area contributed by atoms with E-state index in [0.717, 1.165) is 18.0 Å². The molecule has 1 aliphatic rings. The maximum absolute atomic E-state index is 5.40. The van der Waals surface area contributed by atoms with Crippen LogP contribution in [0.25, 0.3) is 0 Å². The van der Waals surface area contributed by atoms with Gasteiger partial charge >= 0.3 is 0 Å². The molecule has 1 aromatic heterocycles. The minimum atomic E-state index is 0.139. The molecule has 0 radical (unpaired) electrons. The Labute approximate surface area is 84.9 Å². The van der Waals surface area contributed by atoms with E-state index in [1.165, 1.54) is 12.8 Å². The molecule has 1 fully saturated rings. The maximum atomic E-state index is 5.40. The normalized spacial score (nSPS) is 17.4. The summed E-state index contributed by atoms with van der Waals surface area (Å²) in [6.07, 6.45) is 4.09. The molecule has 1 saturated carbocycles. The molecule has 78 valence electrons. The molecule has 1 N–H and O–H groups in total. The quantitative estimate of drug-likeness (QED) is 0.803. The summed E-state index contributed by atoms with van der Waals surface area (Å²) in [4.78, 5) is 4.25. The number of hydrogen-bond acceptors (Lipinski definition) is 3. The molecule has 0 aliphatic heterocycles. The van der Waals surface area contributed by atoms with Gasteiger partial charge in [-0.2, -0.15) is 0 Å². The summed E-state index contributed by atoms with van der Waals surface area (Å²) in [6.45, 7) is 7.28. The molecule has 3 heteroatoms. The summed E-state index contributed by atoms with van der Waals surface area (Å²) < 4.78 is 5.40. The first-order valence-corrected chi connectivity index (χ1v) is 5.23. The monoisotopic (exact) mass is 194 g/mol. The molecular weight excluding hydrogens is 176 g/mol. The third-order valence-corrected chi connectivity index (χ3v) is 2.41. The zero-order valence-corrected chi connectivity index (χ0v) is 9.13. The zero-order valence-electron chi connectivity index (χ0n) is 9.13. The van der Waals surface area contributed by atoms with Crippen molar-refractivity contribution >= 4 is 0 Å². The van der Waals surface area contributed by atoms with Crippen LogP contribution in [-0.4, -0.2) is 10.5 Å². The lowest BCUT2D eigenvalue weighted by atomic mass is 10.1. The van der Waals surface area contributed by atoms with Gasteiger partial charge in [-0.1, -0.05) is 0 Å². The number of hydrogen-bond donors (Lipinski definition) is 1. The Morgan fingerprint density at radius 3 is 2.79 bits per heavy atom. The van der Waals surface area contributed by atoms with Crippen molar-refractivity contribution in [3.05, 3.63) is 17.8 Å². The van der Waals surface area contributed by atoms with Crippen molar-refractivity contribution in [2.75, 3.05) is 0 Å². The van der Waals surface area contributed by atoms with Crippen LogP contribution < -0.4 is 5.32 Å². The van der Waals surface area contributed by atoms with E-state index in [0.29, 0.717) is 5.92 Å². The molecule has 1 aliphatic carbocycles. The molecule has 2 rings (SSSR count). The first kappa shape index (κ1) is 9.71. The molecule has 0 aromatic carbocycles. The fourth-order valence-corrected chi connectivity index (χ4v) is 1.44. The van der Waals surface area contributed by atoms with Crippen LogP contribution in [0.1, 0.15) is 51.0 Å². The van der Waals surface area contributed by atoms with Crippen LogP contribution in [0.5, 0.6) is 0 Å². The Hall–Kier alpha value is -0.830. The topological polar surface area (TPSA) is 38.1 Å². The number of aromatic nitrogens is 1. The number of oxazole rings is 1. The third kappa shape index (κ3) is 2.35. The fraction of sp³-hybridized carbons (Fsp3) is 0.727. The van der Waals surface area contributed by atoms with E-state index >= 15 is 0 Å². The van der Waals surface area contributed by atoms with Crippen molar-refractivity contribution in [1.29, 1.82) is 0 Å². The van der Waals surface area contributed by atoms with Crippen LogP contribution in [0, 0.1) is 0 Å². The van der Waals surface area contributed by atoms with Crippen LogP contribution >= 0.6 is 0 Å². The summed E-state index contributed by atoms with van der Waals surface area (Å²) in [5, 5.41) is 3.42. The molecule has 0 atom stereocenters. The number of nitrogens with zero attached hydrogens (tertiary/aromatic N) is 1. The van der Waals surface area contributed by atoms with Crippen LogP contribution in [0.3, 0.4) is 0 Å². The van der Waals surface area contributed by atoms with Gasteiger partial charge < -0.3 is 9.73 Å². The second kappa shape index (κ2) is 3.39. The van der Waals surface area contributed by atoms with Crippen LogP contribution in [0.2, 0.25) is 0 Å². The molecular formula is C11H18N2O. The van der Waals surface area contributed by atoms with Gasteiger partial charge in [-0.15, -0.1) is 0 Å². The van der Waals surface area contributed by atoms with Gasteiger partial charge in [0.05, 0.1) is 5.69 Å². The summed E-state index contributed by atoms with van der Waals surface area (Å²) >= 11 is 0. The molecule has 14 heavy (non-hydrogen) atoms. The lowest BCUT2D eigenvalue weighted by molar-refractivity contribution is 0.417. The molecule has 0 saturated heterocycles. The molecule has 0 unspecified atom stereocenters. The lowest BCUT2D eigenvalue weighted by Crippen LogP contribution is -2.35. The first-order valence-electron chi connectivity index (χ1n) is 5.23. The van der Waals surface area contributed by atoms with Gasteiger partial charge in [-0.05, 0) is 33.6 Å². The average molecular weight is 194 g/mol. The second-order valence-corrected chi connectivity index (χ2v) is 5.04. The van der Waals surface area contributed by atoms with Crippen LogP contribution in [0.4, 0.5) is 0 Å². The molecule has 1 heterocycles. The van der Waals surface area contributed by atoms with E-state index in [4.69, 9.17) is 4.42 Å². The summed E-state index contributed by atoms with van der Waals surface area (Å²) in [7, 11) is 0. The van der Waals surface area contributed by atoms with E-state index in [2.05, 4.69) is 31.1 Å². The molecule has 0 amide bonds. The Bertz CT molecular complexity index is 307. The van der Waals surface area contributed by atoms with Crippen LogP contribution in [-0.2, 0) is 6.54 Å². The fourth-order valence-electron chi connectivity index (χ4n) is 1.44. The maximum Gasteiger partial charge on any atom is 0.181 e. The summed E-state index contributed by atoms with van der Waals surface area (Å²) in [6, 6.07) is 0.